The average Bonchev–Trinajstić information content (AvgIpc) is 3.17. The lowest BCUT2D eigenvalue weighted by molar-refractivity contribution is -0.934. The molecule has 9 heteroatoms. The van der Waals surface area contributed by atoms with E-state index in [9.17, 15) is 14.7 Å². The molecule has 0 aromatic carbocycles. The summed E-state index contributed by atoms with van der Waals surface area (Å²) < 4.78 is 2.06. The number of nitrogens with zero attached hydrogens (tertiary/aromatic N) is 5. The molecule has 4 heterocycles. The van der Waals surface area contributed by atoms with Gasteiger partial charge in [-0.05, 0) is 70.8 Å². The van der Waals surface area contributed by atoms with Crippen molar-refractivity contribution in [2.45, 2.75) is 64.2 Å². The van der Waals surface area contributed by atoms with Crippen LogP contribution in [0.4, 0.5) is 4.79 Å². The first kappa shape index (κ1) is 24.4. The maximum absolute atomic E-state index is 14.4. The van der Waals surface area contributed by atoms with Crippen LogP contribution in [0.25, 0.3) is 5.65 Å². The Labute approximate surface area is 211 Å². The van der Waals surface area contributed by atoms with E-state index in [4.69, 9.17) is 9.97 Å². The maximum atomic E-state index is 14.4. The molecule has 0 saturated carbocycles. The van der Waals surface area contributed by atoms with Gasteiger partial charge < -0.3 is 10.4 Å². The third-order valence-corrected chi connectivity index (χ3v) is 7.97. The van der Waals surface area contributed by atoms with Gasteiger partial charge in [0.2, 0.25) is 0 Å². The predicted molar refractivity (Wildman–Crippen MR) is 136 cm³/mol. The summed E-state index contributed by atoms with van der Waals surface area (Å²) in [4.78, 5) is 37.5. The average molecular weight is 492 g/mol. The number of amides is 2. The molecule has 5 rings (SSSR count). The Bertz CT molecular complexity index is 1300. The summed E-state index contributed by atoms with van der Waals surface area (Å²) >= 11 is 0. The lowest BCUT2D eigenvalue weighted by atomic mass is 9.89. The van der Waals surface area contributed by atoms with E-state index in [-0.39, 0.29) is 22.5 Å². The molecule has 1 aliphatic heterocycles. The zero-order chi connectivity index (χ0) is 25.7. The molecule has 0 spiro atoms. The number of carboxylic acid groups (broad SMARTS) is 1. The van der Waals surface area contributed by atoms with Crippen LogP contribution in [0.15, 0.2) is 42.7 Å². The van der Waals surface area contributed by atoms with Crippen molar-refractivity contribution in [3.63, 3.8) is 0 Å². The number of nitrogens with one attached hydrogen (secondary N) is 1. The van der Waals surface area contributed by atoms with Gasteiger partial charge >= 0.3 is 12.0 Å². The zero-order valence-electron chi connectivity index (χ0n) is 21.4. The van der Waals surface area contributed by atoms with Gasteiger partial charge in [-0.3, -0.25) is 14.3 Å². The largest absolute Gasteiger partial charge is 0.465 e. The monoisotopic (exact) mass is 491 g/mol. The smallest absolute Gasteiger partial charge is 0.405 e. The molecule has 1 atom stereocenters. The van der Waals surface area contributed by atoms with E-state index in [0.29, 0.717) is 25.3 Å². The van der Waals surface area contributed by atoms with Crippen LogP contribution in [0.3, 0.4) is 0 Å². The van der Waals surface area contributed by atoms with Gasteiger partial charge in [0.25, 0.3) is 0 Å². The standard InChI is InChI=1S/C27H34N6O3/c1-27(2,3)33(16-19(17-33)29-26(35)36)25(34)24-20(30-22-12-5-6-14-32(22)24)15-31(4)21-11-7-9-18-10-8-13-28-23(18)21/h5-6,8,10,12-14,19,21,29H,7,9,11,15-17H2,1-4H3/p+1. The van der Waals surface area contributed by atoms with E-state index in [1.165, 1.54) is 5.56 Å². The highest BCUT2D eigenvalue weighted by Gasteiger charge is 2.59. The van der Waals surface area contributed by atoms with Crippen LogP contribution >= 0.6 is 0 Å². The SMILES string of the molecule is CN(Cc1nc2ccccn2c1C(=O)[N+]1(C(C)(C)C)CC(NC(=O)O)C1)C1CCCc2cccnc21. The summed E-state index contributed by atoms with van der Waals surface area (Å²) in [6, 6.07) is 9.83. The van der Waals surface area contributed by atoms with Crippen LogP contribution in [0.2, 0.25) is 0 Å². The Kier molecular flexibility index (Phi) is 6.08. The van der Waals surface area contributed by atoms with Gasteiger partial charge in [-0.15, -0.1) is 0 Å². The third-order valence-electron chi connectivity index (χ3n) is 7.97. The fraction of sp³-hybridized carbons (Fsp3) is 0.481. The molecule has 3 aromatic heterocycles. The van der Waals surface area contributed by atoms with E-state index < -0.39 is 11.6 Å². The minimum absolute atomic E-state index is 0.0183. The van der Waals surface area contributed by atoms with E-state index >= 15 is 0 Å². The molecule has 36 heavy (non-hydrogen) atoms. The molecule has 3 aromatic rings. The quantitative estimate of drug-likeness (QED) is 0.529. The first-order valence-electron chi connectivity index (χ1n) is 12.6. The second-order valence-corrected chi connectivity index (χ2v) is 11.2. The summed E-state index contributed by atoms with van der Waals surface area (Å²) in [7, 11) is 2.08. The van der Waals surface area contributed by atoms with Crippen LogP contribution in [-0.4, -0.2) is 72.6 Å². The number of imidazole rings is 1. The Hall–Kier alpha value is -3.30. The molecule has 9 nitrogen and oxygen atoms in total. The van der Waals surface area contributed by atoms with E-state index in [1.54, 1.807) is 0 Å². The molecule has 1 unspecified atom stereocenters. The number of hydrogen-bond donors (Lipinski definition) is 2. The van der Waals surface area contributed by atoms with Crippen LogP contribution < -0.4 is 5.32 Å². The lowest BCUT2D eigenvalue weighted by Crippen LogP contribution is -2.79. The van der Waals surface area contributed by atoms with Gasteiger partial charge in [0, 0.05) is 18.9 Å². The number of hydrogen-bond acceptors (Lipinski definition) is 5. The van der Waals surface area contributed by atoms with Crippen molar-refractivity contribution in [2.24, 2.45) is 0 Å². The summed E-state index contributed by atoms with van der Waals surface area (Å²) in [6.07, 6.45) is 5.85. The molecule has 2 amide bonds. The van der Waals surface area contributed by atoms with Crippen LogP contribution in [0.5, 0.6) is 0 Å². The van der Waals surface area contributed by atoms with Crippen molar-refractivity contribution in [2.75, 3.05) is 20.1 Å². The number of likely N-dealkylation sites (tertiary alicyclic amines) is 1. The minimum atomic E-state index is -1.06. The molecule has 2 aliphatic rings. The second kappa shape index (κ2) is 8.97. The van der Waals surface area contributed by atoms with Crippen molar-refractivity contribution in [3.05, 3.63) is 65.4 Å². The predicted octanol–water partition coefficient (Wildman–Crippen LogP) is 3.64. The van der Waals surface area contributed by atoms with Crippen LogP contribution in [0, 0.1) is 0 Å². The summed E-state index contributed by atoms with van der Waals surface area (Å²) in [5, 5.41) is 11.7. The van der Waals surface area contributed by atoms with Gasteiger partial charge in [0.15, 0.2) is 5.69 Å². The highest BCUT2D eigenvalue weighted by atomic mass is 16.4. The Morgan fingerprint density at radius 2 is 2.00 bits per heavy atom. The fourth-order valence-corrected chi connectivity index (χ4v) is 5.93. The van der Waals surface area contributed by atoms with Crippen molar-refractivity contribution in [3.8, 4) is 0 Å². The highest BCUT2D eigenvalue weighted by Crippen LogP contribution is 2.37. The molecule has 2 N–H and O–H groups in total. The molecule has 0 radical (unpaired) electrons. The number of fused-ring (bicyclic) bond motifs is 2. The molecule has 0 bridgehead atoms. The number of aryl methyl sites for hydroxylation is 1. The van der Waals surface area contributed by atoms with Crippen molar-refractivity contribution in [1.82, 2.24) is 24.6 Å². The summed E-state index contributed by atoms with van der Waals surface area (Å²) in [5.41, 5.74) is 4.07. The van der Waals surface area contributed by atoms with Gasteiger partial charge in [0.05, 0.1) is 23.0 Å². The highest BCUT2D eigenvalue weighted by molar-refractivity contribution is 5.90. The molecule has 1 fully saturated rings. The van der Waals surface area contributed by atoms with Crippen molar-refractivity contribution >= 4 is 17.6 Å². The number of carbonyl (C=O) groups excluding carboxylic acids is 1. The topological polar surface area (TPSA) is 99.8 Å². The van der Waals surface area contributed by atoms with E-state index in [1.807, 2.05) is 61.8 Å². The lowest BCUT2D eigenvalue weighted by Gasteiger charge is -2.55. The number of rotatable bonds is 5. The van der Waals surface area contributed by atoms with Crippen molar-refractivity contribution in [1.29, 1.82) is 0 Å². The Morgan fingerprint density at radius 1 is 1.22 bits per heavy atom. The number of pyridine rings is 2. The van der Waals surface area contributed by atoms with Gasteiger partial charge in [-0.2, -0.15) is 0 Å². The Balaban J connectivity index is 1.51. The molecular formula is C27H35N6O3+. The van der Waals surface area contributed by atoms with Gasteiger partial charge in [-0.1, -0.05) is 12.1 Å². The number of quaternary nitrogens is 1. The van der Waals surface area contributed by atoms with E-state index in [0.717, 1.165) is 36.3 Å². The first-order chi connectivity index (χ1) is 17.1. The zero-order valence-corrected chi connectivity index (χ0v) is 21.4. The summed E-state index contributed by atoms with van der Waals surface area (Å²) in [5.74, 6) is -0.0183. The van der Waals surface area contributed by atoms with E-state index in [2.05, 4.69) is 23.3 Å². The number of carbonyl (C=O) groups is 2. The normalized spacial score (nSPS) is 23.8. The second-order valence-electron chi connectivity index (χ2n) is 11.2. The number of aromatic nitrogens is 3. The molecule has 1 aliphatic carbocycles. The minimum Gasteiger partial charge on any atom is -0.465 e. The summed E-state index contributed by atoms with van der Waals surface area (Å²) in [6.45, 7) is 7.49. The fourth-order valence-electron chi connectivity index (χ4n) is 5.93. The molecule has 190 valence electrons. The molecular weight excluding hydrogens is 456 g/mol. The third kappa shape index (κ3) is 4.06. The first-order valence-corrected chi connectivity index (χ1v) is 12.6. The van der Waals surface area contributed by atoms with Gasteiger partial charge in [0.1, 0.15) is 24.8 Å². The Morgan fingerprint density at radius 3 is 2.72 bits per heavy atom. The van der Waals surface area contributed by atoms with Crippen LogP contribution in [0.1, 0.15) is 67.1 Å². The van der Waals surface area contributed by atoms with Gasteiger partial charge in [-0.25, -0.2) is 19.1 Å². The van der Waals surface area contributed by atoms with Crippen molar-refractivity contribution < 1.29 is 19.2 Å². The molecule has 1 saturated heterocycles. The van der Waals surface area contributed by atoms with Crippen LogP contribution in [-0.2, 0) is 13.0 Å². The maximum Gasteiger partial charge on any atom is 0.405 e.